The van der Waals surface area contributed by atoms with Crippen molar-refractivity contribution in [2.45, 2.75) is 32.2 Å². The smallest absolute Gasteiger partial charge is 0.317 e. The van der Waals surface area contributed by atoms with Gasteiger partial charge in [0.05, 0.1) is 6.61 Å². The molecule has 0 spiro atoms. The Kier molecular flexibility index (Phi) is 5.30. The Morgan fingerprint density at radius 1 is 1.50 bits per heavy atom. The highest BCUT2D eigenvalue weighted by atomic mass is 16.5. The first kappa shape index (κ1) is 16.7. The normalized spacial score (nSPS) is 17.6. The molecular formula is C17H25N5O2. The standard InChI is InChI=1S/C17H25N5O2/c1-3-7-19-17(23)21-9-6-13(12-21)15-20-14-5-4-8-18-16(14)22(15)10-11-24-2/h4-5,8,13H,3,6-7,9-12H2,1-2H3,(H,19,23). The summed E-state index contributed by atoms with van der Waals surface area (Å²) in [6.07, 6.45) is 3.66. The van der Waals surface area contributed by atoms with Gasteiger partial charge in [0.25, 0.3) is 0 Å². The van der Waals surface area contributed by atoms with Gasteiger partial charge >= 0.3 is 6.03 Å². The van der Waals surface area contributed by atoms with Crippen LogP contribution in [0, 0.1) is 0 Å². The van der Waals surface area contributed by atoms with Crippen LogP contribution in [0.3, 0.4) is 0 Å². The Bertz CT molecular complexity index is 699. The number of methoxy groups -OCH3 is 1. The first-order valence-corrected chi connectivity index (χ1v) is 8.57. The van der Waals surface area contributed by atoms with Gasteiger partial charge in [-0.25, -0.2) is 14.8 Å². The number of carbonyl (C=O) groups excluding carboxylic acids is 1. The van der Waals surface area contributed by atoms with E-state index in [9.17, 15) is 4.79 Å². The van der Waals surface area contributed by atoms with Crippen LogP contribution in [0.15, 0.2) is 18.3 Å². The highest BCUT2D eigenvalue weighted by Gasteiger charge is 2.31. The van der Waals surface area contributed by atoms with Crippen LogP contribution in [-0.2, 0) is 11.3 Å². The molecule has 2 aromatic rings. The minimum atomic E-state index is 0.0250. The van der Waals surface area contributed by atoms with Gasteiger partial charge in [0.2, 0.25) is 0 Å². The number of nitrogens with zero attached hydrogens (tertiary/aromatic N) is 4. The Balaban J connectivity index is 1.80. The summed E-state index contributed by atoms with van der Waals surface area (Å²) >= 11 is 0. The van der Waals surface area contributed by atoms with E-state index >= 15 is 0 Å². The number of rotatable bonds is 6. The number of nitrogens with one attached hydrogen (secondary N) is 1. The zero-order valence-corrected chi connectivity index (χ0v) is 14.4. The number of urea groups is 1. The largest absolute Gasteiger partial charge is 0.383 e. The molecular weight excluding hydrogens is 306 g/mol. The molecule has 1 unspecified atom stereocenters. The van der Waals surface area contributed by atoms with E-state index < -0.39 is 0 Å². The van der Waals surface area contributed by atoms with E-state index in [0.29, 0.717) is 13.2 Å². The van der Waals surface area contributed by atoms with Gasteiger partial charge in [0.15, 0.2) is 5.65 Å². The fourth-order valence-electron chi connectivity index (χ4n) is 3.19. The van der Waals surface area contributed by atoms with Gasteiger partial charge in [-0.2, -0.15) is 0 Å². The summed E-state index contributed by atoms with van der Waals surface area (Å²) in [4.78, 5) is 23.3. The lowest BCUT2D eigenvalue weighted by Crippen LogP contribution is -2.38. The van der Waals surface area contributed by atoms with Gasteiger partial charge in [-0.1, -0.05) is 6.92 Å². The van der Waals surface area contributed by atoms with Crippen molar-refractivity contribution in [1.29, 1.82) is 0 Å². The predicted octanol–water partition coefficient (Wildman–Crippen LogP) is 1.99. The van der Waals surface area contributed by atoms with Crippen molar-refractivity contribution in [3.63, 3.8) is 0 Å². The van der Waals surface area contributed by atoms with Gasteiger partial charge in [-0.05, 0) is 25.0 Å². The van der Waals surface area contributed by atoms with Crippen LogP contribution in [0.4, 0.5) is 4.79 Å². The fourth-order valence-corrected chi connectivity index (χ4v) is 3.19. The van der Waals surface area contributed by atoms with E-state index in [2.05, 4.69) is 21.8 Å². The summed E-state index contributed by atoms with van der Waals surface area (Å²) in [5.41, 5.74) is 1.79. The van der Waals surface area contributed by atoms with Crippen LogP contribution in [0.1, 0.15) is 31.5 Å². The molecule has 1 N–H and O–H groups in total. The maximum absolute atomic E-state index is 12.2. The molecule has 2 aromatic heterocycles. The van der Waals surface area contributed by atoms with Gasteiger partial charge in [0.1, 0.15) is 11.3 Å². The Morgan fingerprint density at radius 3 is 3.17 bits per heavy atom. The molecule has 0 aromatic carbocycles. The number of pyridine rings is 1. The summed E-state index contributed by atoms with van der Waals surface area (Å²) in [5, 5.41) is 2.95. The van der Waals surface area contributed by atoms with Crippen LogP contribution < -0.4 is 5.32 Å². The Morgan fingerprint density at radius 2 is 2.38 bits per heavy atom. The van der Waals surface area contributed by atoms with Gasteiger partial charge in [-0.3, -0.25) is 0 Å². The maximum atomic E-state index is 12.2. The van der Waals surface area contributed by atoms with Crippen molar-refractivity contribution >= 4 is 17.2 Å². The topological polar surface area (TPSA) is 72.3 Å². The zero-order chi connectivity index (χ0) is 16.9. The third kappa shape index (κ3) is 3.36. The lowest BCUT2D eigenvalue weighted by Gasteiger charge is -2.17. The number of aromatic nitrogens is 3. The first-order chi connectivity index (χ1) is 11.7. The maximum Gasteiger partial charge on any atom is 0.317 e. The van der Waals surface area contributed by atoms with Crippen LogP contribution in [0.5, 0.6) is 0 Å². The Labute approximate surface area is 142 Å². The Hall–Kier alpha value is -2.15. The van der Waals surface area contributed by atoms with E-state index in [4.69, 9.17) is 9.72 Å². The minimum absolute atomic E-state index is 0.0250. The molecule has 1 aliphatic rings. The number of carbonyl (C=O) groups is 1. The monoisotopic (exact) mass is 331 g/mol. The number of hydrogen-bond donors (Lipinski definition) is 1. The average molecular weight is 331 g/mol. The van der Waals surface area contributed by atoms with Gasteiger partial charge in [-0.15, -0.1) is 0 Å². The first-order valence-electron chi connectivity index (χ1n) is 8.57. The van der Waals surface area contributed by atoms with Crippen LogP contribution in [0.25, 0.3) is 11.2 Å². The van der Waals surface area contributed by atoms with Crippen LogP contribution in [-0.4, -0.2) is 58.8 Å². The molecule has 0 aliphatic carbocycles. The van der Waals surface area contributed by atoms with Crippen molar-refractivity contribution in [2.75, 3.05) is 33.4 Å². The number of fused-ring (bicyclic) bond motifs is 1. The number of ether oxygens (including phenoxy) is 1. The third-order valence-corrected chi connectivity index (χ3v) is 4.42. The molecule has 3 heterocycles. The van der Waals surface area contributed by atoms with Crippen molar-refractivity contribution in [3.8, 4) is 0 Å². The van der Waals surface area contributed by atoms with E-state index in [0.717, 1.165) is 49.5 Å². The van der Waals surface area contributed by atoms with E-state index in [1.54, 1.807) is 13.3 Å². The molecule has 0 bridgehead atoms. The molecule has 1 saturated heterocycles. The predicted molar refractivity (Wildman–Crippen MR) is 92.0 cm³/mol. The van der Waals surface area contributed by atoms with E-state index in [-0.39, 0.29) is 11.9 Å². The lowest BCUT2D eigenvalue weighted by molar-refractivity contribution is 0.186. The quantitative estimate of drug-likeness (QED) is 0.878. The highest BCUT2D eigenvalue weighted by molar-refractivity contribution is 5.75. The molecule has 7 nitrogen and oxygen atoms in total. The van der Waals surface area contributed by atoms with E-state index in [1.807, 2.05) is 17.0 Å². The van der Waals surface area contributed by atoms with Crippen molar-refractivity contribution in [3.05, 3.63) is 24.2 Å². The third-order valence-electron chi connectivity index (χ3n) is 4.42. The van der Waals surface area contributed by atoms with Gasteiger partial charge in [0, 0.05) is 45.4 Å². The highest BCUT2D eigenvalue weighted by Crippen LogP contribution is 2.29. The average Bonchev–Trinajstić information content (AvgIpc) is 3.22. The van der Waals surface area contributed by atoms with Crippen LogP contribution >= 0.6 is 0 Å². The number of hydrogen-bond acceptors (Lipinski definition) is 4. The summed E-state index contributed by atoms with van der Waals surface area (Å²) in [7, 11) is 1.70. The lowest BCUT2D eigenvalue weighted by atomic mass is 10.1. The van der Waals surface area contributed by atoms with Crippen LogP contribution in [0.2, 0.25) is 0 Å². The zero-order valence-electron chi connectivity index (χ0n) is 14.4. The van der Waals surface area contributed by atoms with Crippen molar-refractivity contribution in [1.82, 2.24) is 24.8 Å². The molecule has 1 atom stereocenters. The molecule has 130 valence electrons. The molecule has 24 heavy (non-hydrogen) atoms. The second-order valence-electron chi connectivity index (χ2n) is 6.12. The number of imidazole rings is 1. The SMILES string of the molecule is CCCNC(=O)N1CCC(c2nc3cccnc3n2CCOC)C1. The second-order valence-corrected chi connectivity index (χ2v) is 6.12. The summed E-state index contributed by atoms with van der Waals surface area (Å²) in [6.45, 7) is 5.57. The van der Waals surface area contributed by atoms with E-state index in [1.165, 1.54) is 0 Å². The minimum Gasteiger partial charge on any atom is -0.383 e. The number of amides is 2. The molecule has 2 amide bonds. The van der Waals surface area contributed by atoms with Gasteiger partial charge < -0.3 is 19.5 Å². The molecule has 0 saturated carbocycles. The van der Waals surface area contributed by atoms with Crippen molar-refractivity contribution in [2.24, 2.45) is 0 Å². The molecule has 7 heteroatoms. The number of likely N-dealkylation sites (tertiary alicyclic amines) is 1. The second kappa shape index (κ2) is 7.61. The summed E-state index contributed by atoms with van der Waals surface area (Å²) in [5.74, 6) is 1.25. The fraction of sp³-hybridized carbons (Fsp3) is 0.588. The molecule has 0 radical (unpaired) electrons. The molecule has 3 rings (SSSR count). The molecule has 1 aliphatic heterocycles. The summed E-state index contributed by atoms with van der Waals surface area (Å²) in [6, 6.07) is 3.91. The van der Waals surface area contributed by atoms with Crippen molar-refractivity contribution < 1.29 is 9.53 Å². The molecule has 1 fully saturated rings. The summed E-state index contributed by atoms with van der Waals surface area (Å²) < 4.78 is 7.37.